The number of ether oxygens (including phenoxy) is 1. The molecule has 0 aromatic rings. The Labute approximate surface area is 500 Å². The summed E-state index contributed by atoms with van der Waals surface area (Å²) in [6, 6.07) is -0.634. The van der Waals surface area contributed by atoms with Gasteiger partial charge in [-0.25, -0.2) is 0 Å². The van der Waals surface area contributed by atoms with E-state index in [9.17, 15) is 19.8 Å². The fourth-order valence-electron chi connectivity index (χ4n) is 11.4. The van der Waals surface area contributed by atoms with Crippen LogP contribution in [0.3, 0.4) is 0 Å². The molecule has 80 heavy (non-hydrogen) atoms. The van der Waals surface area contributed by atoms with Crippen LogP contribution in [0.1, 0.15) is 399 Å². The van der Waals surface area contributed by atoms with Crippen molar-refractivity contribution in [3.63, 3.8) is 0 Å². The number of aliphatic hydroxyl groups is 2. The van der Waals surface area contributed by atoms with E-state index in [0.717, 1.165) is 44.9 Å². The standard InChI is InChI=1S/C74H141NO5/c1-3-5-7-9-11-13-15-17-19-21-22-23-29-32-35-38-42-46-50-54-58-62-66-72(77)71(70-76)75-73(78)67-63-59-55-51-47-43-39-36-33-30-27-25-24-26-28-31-34-37-41-45-49-53-57-61-65-69-80-74(79)68-64-60-56-52-48-44-40-20-18-16-14-12-10-8-6-4-2/h25-28,62,66,71-72,76-77H,3-24,29-61,63-65,67-70H2,1-2H3,(H,75,78)/b27-25-,28-26-,66-62+. The summed E-state index contributed by atoms with van der Waals surface area (Å²) >= 11 is 0. The lowest BCUT2D eigenvalue weighted by atomic mass is 10.0. The summed E-state index contributed by atoms with van der Waals surface area (Å²) in [6.45, 7) is 4.94. The Morgan fingerprint density at radius 1 is 0.350 bits per heavy atom. The zero-order chi connectivity index (χ0) is 57.8. The van der Waals surface area contributed by atoms with Gasteiger partial charge in [0.2, 0.25) is 5.91 Å². The highest BCUT2D eigenvalue weighted by molar-refractivity contribution is 5.76. The molecule has 472 valence electrons. The summed E-state index contributed by atoms with van der Waals surface area (Å²) in [6.07, 6.45) is 89.4. The number of amides is 1. The SMILES string of the molecule is CCCCCCCCCCCCCCCCCCCCCC/C=C/C(O)C(CO)NC(=O)CCCCCCCCCCC/C=C\C/C=C\CCCCCCCCCCCOC(=O)CCCCCCCCCCCCCCCCCC. The summed E-state index contributed by atoms with van der Waals surface area (Å²) < 4.78 is 5.50. The van der Waals surface area contributed by atoms with Crippen LogP contribution in [0, 0.1) is 0 Å². The Balaban J connectivity index is 3.45. The lowest BCUT2D eigenvalue weighted by Crippen LogP contribution is -2.45. The lowest BCUT2D eigenvalue weighted by Gasteiger charge is -2.20. The number of nitrogens with one attached hydrogen (secondary N) is 1. The lowest BCUT2D eigenvalue weighted by molar-refractivity contribution is -0.143. The van der Waals surface area contributed by atoms with E-state index >= 15 is 0 Å². The minimum atomic E-state index is -0.850. The molecule has 2 atom stereocenters. The van der Waals surface area contributed by atoms with Crippen LogP contribution in [0.5, 0.6) is 0 Å². The van der Waals surface area contributed by atoms with Crippen LogP contribution in [0.4, 0.5) is 0 Å². The molecular weight excluding hydrogens is 983 g/mol. The van der Waals surface area contributed by atoms with Crippen LogP contribution in [0.15, 0.2) is 36.5 Å². The van der Waals surface area contributed by atoms with Gasteiger partial charge >= 0.3 is 5.97 Å². The van der Waals surface area contributed by atoms with E-state index in [2.05, 4.69) is 43.5 Å². The first-order chi connectivity index (χ1) is 39.5. The summed E-state index contributed by atoms with van der Waals surface area (Å²) in [4.78, 5) is 24.6. The Bertz CT molecular complexity index is 1300. The molecule has 0 spiro atoms. The van der Waals surface area contributed by atoms with Crippen molar-refractivity contribution in [3.05, 3.63) is 36.5 Å². The normalized spacial score (nSPS) is 12.7. The van der Waals surface area contributed by atoms with Crippen LogP contribution in [-0.4, -0.2) is 47.4 Å². The Morgan fingerprint density at radius 2 is 0.625 bits per heavy atom. The average Bonchev–Trinajstić information content (AvgIpc) is 3.46. The molecule has 0 aromatic heterocycles. The van der Waals surface area contributed by atoms with E-state index in [0.29, 0.717) is 19.4 Å². The number of aliphatic hydroxyl groups excluding tert-OH is 2. The third-order valence-corrected chi connectivity index (χ3v) is 16.9. The molecule has 0 aliphatic rings. The molecule has 0 aliphatic carbocycles. The van der Waals surface area contributed by atoms with Crippen molar-refractivity contribution in [3.8, 4) is 0 Å². The zero-order valence-corrected chi connectivity index (χ0v) is 54.1. The minimum absolute atomic E-state index is 0.0126. The third-order valence-electron chi connectivity index (χ3n) is 16.9. The van der Waals surface area contributed by atoms with Crippen molar-refractivity contribution in [1.29, 1.82) is 0 Å². The van der Waals surface area contributed by atoms with Gasteiger partial charge in [0.25, 0.3) is 0 Å². The van der Waals surface area contributed by atoms with Crippen molar-refractivity contribution in [2.75, 3.05) is 13.2 Å². The molecule has 0 radical (unpaired) electrons. The van der Waals surface area contributed by atoms with Crippen LogP contribution < -0.4 is 5.32 Å². The van der Waals surface area contributed by atoms with E-state index in [1.807, 2.05) is 6.08 Å². The predicted octanol–water partition coefficient (Wildman–Crippen LogP) is 23.5. The molecule has 0 bridgehead atoms. The van der Waals surface area contributed by atoms with Gasteiger partial charge in [-0.1, -0.05) is 359 Å². The maximum atomic E-state index is 12.5. The van der Waals surface area contributed by atoms with Crippen molar-refractivity contribution in [2.45, 2.75) is 411 Å². The smallest absolute Gasteiger partial charge is 0.305 e. The predicted molar refractivity (Wildman–Crippen MR) is 352 cm³/mol. The van der Waals surface area contributed by atoms with Gasteiger partial charge in [-0.15, -0.1) is 0 Å². The van der Waals surface area contributed by atoms with Gasteiger partial charge in [-0.3, -0.25) is 9.59 Å². The van der Waals surface area contributed by atoms with Crippen LogP contribution in [-0.2, 0) is 14.3 Å². The first kappa shape index (κ1) is 78.1. The highest BCUT2D eigenvalue weighted by Crippen LogP contribution is 2.19. The molecule has 6 nitrogen and oxygen atoms in total. The first-order valence-corrected chi connectivity index (χ1v) is 36.3. The Morgan fingerprint density at radius 3 is 0.950 bits per heavy atom. The van der Waals surface area contributed by atoms with Crippen molar-refractivity contribution in [1.82, 2.24) is 5.32 Å². The zero-order valence-electron chi connectivity index (χ0n) is 54.1. The van der Waals surface area contributed by atoms with Gasteiger partial charge in [0.15, 0.2) is 0 Å². The molecule has 0 rings (SSSR count). The monoisotopic (exact) mass is 1120 g/mol. The molecule has 0 fully saturated rings. The second-order valence-corrected chi connectivity index (χ2v) is 24.9. The minimum Gasteiger partial charge on any atom is -0.466 e. The van der Waals surface area contributed by atoms with Crippen LogP contribution in [0.2, 0.25) is 0 Å². The molecule has 6 heteroatoms. The van der Waals surface area contributed by atoms with Crippen LogP contribution >= 0.6 is 0 Å². The van der Waals surface area contributed by atoms with Crippen LogP contribution in [0.25, 0.3) is 0 Å². The first-order valence-electron chi connectivity index (χ1n) is 36.3. The fourth-order valence-corrected chi connectivity index (χ4v) is 11.4. The average molecular weight is 1120 g/mol. The number of carbonyl (C=O) groups excluding carboxylic acids is 2. The summed E-state index contributed by atoms with van der Waals surface area (Å²) in [5, 5.41) is 23.3. The van der Waals surface area contributed by atoms with Gasteiger partial charge < -0.3 is 20.3 Å². The fraction of sp³-hybridized carbons (Fsp3) is 0.892. The number of carbonyl (C=O) groups is 2. The molecule has 3 N–H and O–H groups in total. The van der Waals surface area contributed by atoms with Crippen molar-refractivity contribution >= 4 is 11.9 Å². The van der Waals surface area contributed by atoms with E-state index in [1.165, 1.54) is 327 Å². The molecule has 2 unspecified atom stereocenters. The maximum Gasteiger partial charge on any atom is 0.305 e. The van der Waals surface area contributed by atoms with Crippen molar-refractivity contribution < 1.29 is 24.5 Å². The van der Waals surface area contributed by atoms with Gasteiger partial charge in [0.1, 0.15) is 0 Å². The molecule has 0 heterocycles. The maximum absolute atomic E-state index is 12.5. The summed E-state index contributed by atoms with van der Waals surface area (Å²) in [5.74, 6) is -0.0577. The van der Waals surface area contributed by atoms with Gasteiger partial charge in [-0.05, 0) is 64.2 Å². The van der Waals surface area contributed by atoms with Gasteiger partial charge in [0.05, 0.1) is 25.4 Å². The number of hydrogen-bond donors (Lipinski definition) is 3. The largest absolute Gasteiger partial charge is 0.466 e. The summed E-state index contributed by atoms with van der Waals surface area (Å²) in [5.41, 5.74) is 0. The molecule has 0 saturated carbocycles. The highest BCUT2D eigenvalue weighted by atomic mass is 16.5. The number of esters is 1. The quantitative estimate of drug-likeness (QED) is 0.0320. The number of unbranched alkanes of at least 4 members (excludes halogenated alkanes) is 53. The Kier molecular flexibility index (Phi) is 67.9. The molecule has 0 aromatic carbocycles. The van der Waals surface area contributed by atoms with E-state index in [4.69, 9.17) is 4.74 Å². The number of rotatable bonds is 68. The molecule has 1 amide bonds. The molecule has 0 saturated heterocycles. The number of hydrogen-bond acceptors (Lipinski definition) is 5. The molecular formula is C74H141NO5. The Hall–Kier alpha value is -1.92. The van der Waals surface area contributed by atoms with E-state index in [-0.39, 0.29) is 18.5 Å². The van der Waals surface area contributed by atoms with E-state index in [1.54, 1.807) is 6.08 Å². The third kappa shape index (κ3) is 65.2. The number of allylic oxidation sites excluding steroid dienone is 5. The second-order valence-electron chi connectivity index (χ2n) is 24.9. The van der Waals surface area contributed by atoms with Gasteiger partial charge in [-0.2, -0.15) is 0 Å². The second kappa shape index (κ2) is 69.6. The topological polar surface area (TPSA) is 95.9 Å². The summed E-state index contributed by atoms with van der Waals surface area (Å²) in [7, 11) is 0. The van der Waals surface area contributed by atoms with Gasteiger partial charge in [0, 0.05) is 12.8 Å². The molecule has 0 aliphatic heterocycles. The van der Waals surface area contributed by atoms with E-state index < -0.39 is 12.1 Å². The van der Waals surface area contributed by atoms with Crippen molar-refractivity contribution in [2.24, 2.45) is 0 Å². The highest BCUT2D eigenvalue weighted by Gasteiger charge is 2.18.